The maximum Gasteiger partial charge on any atom is 0.0889 e. The van der Waals surface area contributed by atoms with E-state index < -0.39 is 0 Å². The van der Waals surface area contributed by atoms with Crippen LogP contribution in [0.4, 0.5) is 0 Å². The standard InChI is InChI=1S/C20H26N2O2S/c1-2-8-21-17(4-1)14-23-15-18-12-20(16-24-18)6-9-22(10-7-20)13-19-5-3-11-25-19/h1-5,8,11,18H,6-7,9-10,12-16H2/t18-/m1/s1. The van der Waals surface area contributed by atoms with Crippen LogP contribution in [0.3, 0.4) is 0 Å². The van der Waals surface area contributed by atoms with Crippen molar-refractivity contribution in [3.05, 3.63) is 52.5 Å². The summed E-state index contributed by atoms with van der Waals surface area (Å²) in [6, 6.07) is 10.3. The van der Waals surface area contributed by atoms with Gasteiger partial charge < -0.3 is 9.47 Å². The molecule has 2 aromatic rings. The summed E-state index contributed by atoms with van der Waals surface area (Å²) >= 11 is 1.86. The van der Waals surface area contributed by atoms with Crippen molar-refractivity contribution in [3.8, 4) is 0 Å². The van der Waals surface area contributed by atoms with E-state index in [1.165, 1.54) is 30.8 Å². The van der Waals surface area contributed by atoms with E-state index in [4.69, 9.17) is 9.47 Å². The van der Waals surface area contributed by atoms with E-state index in [2.05, 4.69) is 27.4 Å². The van der Waals surface area contributed by atoms with Crippen molar-refractivity contribution in [2.45, 2.75) is 38.5 Å². The summed E-state index contributed by atoms with van der Waals surface area (Å²) in [5.74, 6) is 0. The first kappa shape index (κ1) is 17.2. The highest BCUT2D eigenvalue weighted by molar-refractivity contribution is 7.09. The van der Waals surface area contributed by atoms with Crippen molar-refractivity contribution in [2.75, 3.05) is 26.3 Å². The lowest BCUT2D eigenvalue weighted by molar-refractivity contribution is 0.00556. The van der Waals surface area contributed by atoms with Gasteiger partial charge in [-0.1, -0.05) is 12.1 Å². The molecule has 0 aromatic carbocycles. The van der Waals surface area contributed by atoms with E-state index in [1.807, 2.05) is 35.7 Å². The van der Waals surface area contributed by atoms with Gasteiger partial charge in [0.15, 0.2) is 0 Å². The second-order valence-electron chi connectivity index (χ2n) is 7.33. The first-order chi connectivity index (χ1) is 12.3. The smallest absolute Gasteiger partial charge is 0.0889 e. The molecule has 0 bridgehead atoms. The van der Waals surface area contributed by atoms with Crippen molar-refractivity contribution in [2.24, 2.45) is 5.41 Å². The third-order valence-corrected chi connectivity index (χ3v) is 6.30. The number of aromatic nitrogens is 1. The van der Waals surface area contributed by atoms with Gasteiger partial charge in [0, 0.05) is 17.6 Å². The predicted octanol–water partition coefficient (Wildman–Crippen LogP) is 3.73. The van der Waals surface area contributed by atoms with Gasteiger partial charge in [-0.25, -0.2) is 0 Å². The topological polar surface area (TPSA) is 34.6 Å². The fraction of sp³-hybridized carbons (Fsp3) is 0.550. The number of pyridine rings is 1. The van der Waals surface area contributed by atoms with Crippen molar-refractivity contribution in [3.63, 3.8) is 0 Å². The second kappa shape index (κ2) is 7.96. The molecule has 0 saturated carbocycles. The van der Waals surface area contributed by atoms with Crippen LogP contribution < -0.4 is 0 Å². The fourth-order valence-electron chi connectivity index (χ4n) is 3.94. The number of nitrogens with zero attached hydrogens (tertiary/aromatic N) is 2. The summed E-state index contributed by atoms with van der Waals surface area (Å²) in [6.07, 6.45) is 5.68. The molecule has 5 heteroatoms. The Bertz CT molecular complexity index is 639. The van der Waals surface area contributed by atoms with Gasteiger partial charge in [0.1, 0.15) is 0 Å². The summed E-state index contributed by atoms with van der Waals surface area (Å²) in [4.78, 5) is 8.35. The summed E-state index contributed by atoms with van der Waals surface area (Å²) in [6.45, 7) is 5.62. The minimum absolute atomic E-state index is 0.243. The molecule has 4 heterocycles. The fourth-order valence-corrected chi connectivity index (χ4v) is 4.68. The average molecular weight is 359 g/mol. The summed E-state index contributed by atoms with van der Waals surface area (Å²) in [5.41, 5.74) is 1.36. The van der Waals surface area contributed by atoms with Gasteiger partial charge in [-0.15, -0.1) is 11.3 Å². The van der Waals surface area contributed by atoms with Crippen LogP contribution in [0, 0.1) is 5.41 Å². The molecular formula is C20H26N2O2S. The molecule has 2 fully saturated rings. The van der Waals surface area contributed by atoms with E-state index in [9.17, 15) is 0 Å². The molecule has 2 saturated heterocycles. The van der Waals surface area contributed by atoms with E-state index in [-0.39, 0.29) is 6.10 Å². The monoisotopic (exact) mass is 358 g/mol. The number of rotatable bonds is 6. The largest absolute Gasteiger partial charge is 0.375 e. The Morgan fingerprint density at radius 3 is 2.92 bits per heavy atom. The Hall–Kier alpha value is -1.27. The summed E-state index contributed by atoms with van der Waals surface area (Å²) in [5, 5.41) is 2.17. The lowest BCUT2D eigenvalue weighted by Crippen LogP contribution is -2.40. The molecule has 4 nitrogen and oxygen atoms in total. The Labute approximate surface area is 153 Å². The van der Waals surface area contributed by atoms with Crippen LogP contribution in [0.5, 0.6) is 0 Å². The van der Waals surface area contributed by atoms with Crippen molar-refractivity contribution in [1.29, 1.82) is 0 Å². The van der Waals surface area contributed by atoms with Crippen LogP contribution >= 0.6 is 11.3 Å². The quantitative estimate of drug-likeness (QED) is 0.788. The van der Waals surface area contributed by atoms with Gasteiger partial charge in [-0.3, -0.25) is 9.88 Å². The zero-order chi connectivity index (χ0) is 17.0. The molecule has 0 radical (unpaired) electrons. The number of ether oxygens (including phenoxy) is 2. The van der Waals surface area contributed by atoms with Crippen molar-refractivity contribution >= 4 is 11.3 Å². The van der Waals surface area contributed by atoms with Gasteiger partial charge in [-0.2, -0.15) is 0 Å². The molecule has 0 N–H and O–H groups in total. The molecule has 1 atom stereocenters. The maximum atomic E-state index is 6.06. The average Bonchev–Trinajstić information content (AvgIpc) is 3.29. The third-order valence-electron chi connectivity index (χ3n) is 5.44. The van der Waals surface area contributed by atoms with Crippen molar-refractivity contribution < 1.29 is 9.47 Å². The van der Waals surface area contributed by atoms with E-state index in [0.29, 0.717) is 18.6 Å². The van der Waals surface area contributed by atoms with Crippen LogP contribution in [-0.4, -0.2) is 42.3 Å². The van der Waals surface area contributed by atoms with Gasteiger partial charge in [0.2, 0.25) is 0 Å². The van der Waals surface area contributed by atoms with Crippen LogP contribution in [0.15, 0.2) is 41.9 Å². The van der Waals surface area contributed by atoms with Gasteiger partial charge >= 0.3 is 0 Å². The van der Waals surface area contributed by atoms with Gasteiger partial charge in [0.05, 0.1) is 31.6 Å². The third kappa shape index (κ3) is 4.47. The maximum absolute atomic E-state index is 6.06. The number of piperidine rings is 1. The minimum atomic E-state index is 0.243. The molecule has 2 aliphatic heterocycles. The zero-order valence-electron chi connectivity index (χ0n) is 14.6. The molecule has 1 spiro atoms. The molecule has 25 heavy (non-hydrogen) atoms. The van der Waals surface area contributed by atoms with Crippen LogP contribution in [0.25, 0.3) is 0 Å². The Morgan fingerprint density at radius 2 is 2.16 bits per heavy atom. The normalized spacial score (nSPS) is 23.3. The Morgan fingerprint density at radius 1 is 1.24 bits per heavy atom. The van der Waals surface area contributed by atoms with Crippen molar-refractivity contribution in [1.82, 2.24) is 9.88 Å². The van der Waals surface area contributed by atoms with E-state index in [0.717, 1.165) is 25.3 Å². The van der Waals surface area contributed by atoms with Gasteiger partial charge in [0.25, 0.3) is 0 Å². The number of hydrogen-bond donors (Lipinski definition) is 0. The molecule has 134 valence electrons. The van der Waals surface area contributed by atoms with E-state index in [1.54, 1.807) is 0 Å². The molecular weight excluding hydrogens is 332 g/mol. The highest BCUT2D eigenvalue weighted by Gasteiger charge is 2.42. The Balaban J connectivity index is 1.20. The highest BCUT2D eigenvalue weighted by Crippen LogP contribution is 2.42. The molecule has 0 aliphatic carbocycles. The second-order valence-corrected chi connectivity index (χ2v) is 8.36. The van der Waals surface area contributed by atoms with Crippen LogP contribution in [0.2, 0.25) is 0 Å². The molecule has 2 aliphatic rings. The van der Waals surface area contributed by atoms with E-state index >= 15 is 0 Å². The minimum Gasteiger partial charge on any atom is -0.375 e. The van der Waals surface area contributed by atoms with Crippen LogP contribution in [-0.2, 0) is 22.6 Å². The summed E-state index contributed by atoms with van der Waals surface area (Å²) < 4.78 is 11.9. The molecule has 0 amide bonds. The number of thiophene rings is 1. The summed E-state index contributed by atoms with van der Waals surface area (Å²) in [7, 11) is 0. The Kier molecular flexibility index (Phi) is 5.46. The SMILES string of the molecule is c1ccc(COC[C@H]2CC3(CCN(Cc4cccs4)CC3)CO2)nc1. The molecule has 2 aromatic heterocycles. The lowest BCUT2D eigenvalue weighted by Gasteiger charge is -2.38. The number of likely N-dealkylation sites (tertiary alicyclic amines) is 1. The number of hydrogen-bond acceptors (Lipinski definition) is 5. The molecule has 4 rings (SSSR count). The first-order valence-corrected chi connectivity index (χ1v) is 10.0. The molecule has 0 unspecified atom stereocenters. The van der Waals surface area contributed by atoms with Crippen LogP contribution in [0.1, 0.15) is 29.8 Å². The lowest BCUT2D eigenvalue weighted by atomic mass is 9.76. The van der Waals surface area contributed by atoms with Gasteiger partial charge in [-0.05, 0) is 61.3 Å². The predicted molar refractivity (Wildman–Crippen MR) is 99.5 cm³/mol. The highest BCUT2D eigenvalue weighted by atomic mass is 32.1. The zero-order valence-corrected chi connectivity index (χ0v) is 15.4. The first-order valence-electron chi connectivity index (χ1n) is 9.15.